The van der Waals surface area contributed by atoms with Crippen LogP contribution < -0.4 is 10.2 Å². The summed E-state index contributed by atoms with van der Waals surface area (Å²) in [5, 5.41) is 11.7. The van der Waals surface area contributed by atoms with Gasteiger partial charge < -0.3 is 10.2 Å². The molecule has 2 amide bonds. The van der Waals surface area contributed by atoms with E-state index in [1.807, 2.05) is 18.2 Å². The molecule has 192 valence electrons. The van der Waals surface area contributed by atoms with Crippen molar-refractivity contribution in [2.45, 2.75) is 25.4 Å². The molecule has 0 aliphatic carbocycles. The van der Waals surface area contributed by atoms with Gasteiger partial charge in [0.1, 0.15) is 5.82 Å². The van der Waals surface area contributed by atoms with E-state index in [2.05, 4.69) is 16.3 Å². The number of rotatable bonds is 6. The fourth-order valence-electron chi connectivity index (χ4n) is 4.39. The number of anilines is 2. The van der Waals surface area contributed by atoms with Crippen molar-refractivity contribution in [1.29, 1.82) is 5.26 Å². The fourth-order valence-corrected chi connectivity index (χ4v) is 4.39. The van der Waals surface area contributed by atoms with Gasteiger partial charge >= 0.3 is 12.2 Å². The molecule has 0 saturated carbocycles. The van der Waals surface area contributed by atoms with E-state index in [0.717, 1.165) is 43.1 Å². The van der Waals surface area contributed by atoms with E-state index in [9.17, 15) is 22.4 Å². The standard InChI is InChI=1S/C28H26F4N4O/c29-26-12-9-23(18-25(26)28(30,31)32)34-27(37)36(16-15-35-13-2-1-3-14-35)24-10-7-21(8-11-24)22-6-4-5-20(17-22)19-33/h4-12,17-18H,1-3,13-16H2,(H,34,37). The summed E-state index contributed by atoms with van der Waals surface area (Å²) in [7, 11) is 0. The van der Waals surface area contributed by atoms with Crippen molar-refractivity contribution in [3.8, 4) is 17.2 Å². The molecular formula is C28H26F4N4O. The van der Waals surface area contributed by atoms with E-state index in [1.165, 1.54) is 11.3 Å². The smallest absolute Gasteiger partial charge is 0.308 e. The monoisotopic (exact) mass is 510 g/mol. The Morgan fingerprint density at radius 1 is 0.973 bits per heavy atom. The summed E-state index contributed by atoms with van der Waals surface area (Å²) in [6.45, 7) is 2.78. The van der Waals surface area contributed by atoms with Crippen LogP contribution in [0.3, 0.4) is 0 Å². The summed E-state index contributed by atoms with van der Waals surface area (Å²) in [6, 6.07) is 18.2. The van der Waals surface area contributed by atoms with Gasteiger partial charge in [0.2, 0.25) is 0 Å². The maximum atomic E-state index is 13.7. The number of nitriles is 1. The van der Waals surface area contributed by atoms with E-state index in [0.29, 0.717) is 36.5 Å². The van der Waals surface area contributed by atoms with Crippen LogP contribution in [0, 0.1) is 17.1 Å². The summed E-state index contributed by atoms with van der Waals surface area (Å²) in [6.07, 6.45) is -1.55. The fraction of sp³-hybridized carbons (Fsp3) is 0.286. The largest absolute Gasteiger partial charge is 0.419 e. The van der Waals surface area contributed by atoms with E-state index in [4.69, 9.17) is 5.26 Å². The Hall–Kier alpha value is -3.90. The lowest BCUT2D eigenvalue weighted by Gasteiger charge is -2.30. The predicted molar refractivity (Wildman–Crippen MR) is 135 cm³/mol. The zero-order valence-corrected chi connectivity index (χ0v) is 20.1. The first-order chi connectivity index (χ1) is 17.7. The van der Waals surface area contributed by atoms with Crippen molar-refractivity contribution in [1.82, 2.24) is 4.90 Å². The molecule has 0 bridgehead atoms. The van der Waals surface area contributed by atoms with E-state index < -0.39 is 23.6 Å². The Bertz CT molecular complexity index is 1280. The Kier molecular flexibility index (Phi) is 8.09. The molecule has 1 saturated heterocycles. The minimum atomic E-state index is -4.88. The first kappa shape index (κ1) is 26.2. The molecule has 5 nitrogen and oxygen atoms in total. The molecule has 1 N–H and O–H groups in total. The van der Waals surface area contributed by atoms with Gasteiger partial charge in [0.15, 0.2) is 0 Å². The predicted octanol–water partition coefficient (Wildman–Crippen LogP) is 6.91. The van der Waals surface area contributed by atoms with Crippen LogP contribution in [0.15, 0.2) is 66.7 Å². The first-order valence-corrected chi connectivity index (χ1v) is 12.0. The molecule has 1 fully saturated rings. The van der Waals surface area contributed by atoms with Gasteiger partial charge in [0.05, 0.1) is 17.2 Å². The molecule has 4 rings (SSSR count). The minimum absolute atomic E-state index is 0.147. The number of hydrogen-bond acceptors (Lipinski definition) is 3. The van der Waals surface area contributed by atoms with Crippen LogP contribution in [0.4, 0.5) is 33.7 Å². The SMILES string of the molecule is N#Cc1cccc(-c2ccc(N(CCN3CCCCC3)C(=O)Nc3ccc(F)c(C(F)(F)F)c3)cc2)c1. The Morgan fingerprint density at radius 2 is 1.70 bits per heavy atom. The van der Waals surface area contributed by atoms with E-state index in [-0.39, 0.29) is 5.69 Å². The second kappa shape index (κ2) is 11.4. The normalized spacial score (nSPS) is 14.1. The quantitative estimate of drug-likeness (QED) is 0.367. The van der Waals surface area contributed by atoms with E-state index in [1.54, 1.807) is 30.3 Å². The van der Waals surface area contributed by atoms with Crippen LogP contribution in [0.5, 0.6) is 0 Å². The molecule has 0 atom stereocenters. The lowest BCUT2D eigenvalue weighted by atomic mass is 10.0. The molecule has 3 aromatic carbocycles. The molecule has 0 aromatic heterocycles. The Balaban J connectivity index is 1.57. The van der Waals surface area contributed by atoms with Gasteiger partial charge in [0, 0.05) is 24.5 Å². The Morgan fingerprint density at radius 3 is 2.38 bits per heavy atom. The third-order valence-electron chi connectivity index (χ3n) is 6.36. The number of nitrogens with zero attached hydrogens (tertiary/aromatic N) is 3. The molecule has 9 heteroatoms. The zero-order valence-electron chi connectivity index (χ0n) is 20.1. The average molecular weight is 511 g/mol. The number of alkyl halides is 3. The summed E-state index contributed by atoms with van der Waals surface area (Å²) in [5.41, 5.74) is 1.21. The zero-order chi connectivity index (χ0) is 26.4. The van der Waals surface area contributed by atoms with Crippen LogP contribution in [0.2, 0.25) is 0 Å². The molecule has 0 spiro atoms. The Labute approximate surface area is 212 Å². The second-order valence-electron chi connectivity index (χ2n) is 8.92. The van der Waals surface area contributed by atoms with Crippen LogP contribution in [0.25, 0.3) is 11.1 Å². The van der Waals surface area contributed by atoms with Crippen LogP contribution in [0.1, 0.15) is 30.4 Å². The van der Waals surface area contributed by atoms with Gasteiger partial charge in [-0.25, -0.2) is 9.18 Å². The molecule has 1 aliphatic rings. The third-order valence-corrected chi connectivity index (χ3v) is 6.36. The van der Waals surface area contributed by atoms with Gasteiger partial charge in [-0.3, -0.25) is 4.90 Å². The summed E-state index contributed by atoms with van der Waals surface area (Å²) in [4.78, 5) is 17.0. The molecule has 37 heavy (non-hydrogen) atoms. The third kappa shape index (κ3) is 6.66. The highest BCUT2D eigenvalue weighted by atomic mass is 19.4. The highest BCUT2D eigenvalue weighted by molar-refractivity contribution is 6.02. The molecule has 0 unspecified atom stereocenters. The van der Waals surface area contributed by atoms with Crippen molar-refractivity contribution in [3.05, 3.63) is 83.7 Å². The maximum absolute atomic E-state index is 13.7. The van der Waals surface area contributed by atoms with Crippen molar-refractivity contribution in [2.75, 3.05) is 36.4 Å². The van der Waals surface area contributed by atoms with Crippen LogP contribution in [-0.2, 0) is 6.18 Å². The lowest BCUT2D eigenvalue weighted by Crippen LogP contribution is -2.42. The van der Waals surface area contributed by atoms with E-state index >= 15 is 0 Å². The highest BCUT2D eigenvalue weighted by Gasteiger charge is 2.34. The van der Waals surface area contributed by atoms with Gasteiger partial charge in [0.25, 0.3) is 0 Å². The van der Waals surface area contributed by atoms with Gasteiger partial charge in [-0.1, -0.05) is 30.7 Å². The second-order valence-corrected chi connectivity index (χ2v) is 8.92. The number of urea groups is 1. The van der Waals surface area contributed by atoms with Gasteiger partial charge in [-0.05, 0) is 79.5 Å². The minimum Gasteiger partial charge on any atom is -0.308 e. The topological polar surface area (TPSA) is 59.4 Å². The number of halogens is 4. The number of amides is 2. The van der Waals surface area contributed by atoms with Crippen LogP contribution >= 0.6 is 0 Å². The van der Waals surface area contributed by atoms with Crippen molar-refractivity contribution in [3.63, 3.8) is 0 Å². The number of carbonyl (C=O) groups excluding carboxylic acids is 1. The molecule has 1 aliphatic heterocycles. The number of benzene rings is 3. The molecule has 0 radical (unpaired) electrons. The van der Waals surface area contributed by atoms with Crippen molar-refractivity contribution in [2.24, 2.45) is 0 Å². The number of piperidine rings is 1. The maximum Gasteiger partial charge on any atom is 0.419 e. The molecule has 1 heterocycles. The number of carbonyl (C=O) groups is 1. The highest BCUT2D eigenvalue weighted by Crippen LogP contribution is 2.33. The number of hydrogen-bond donors (Lipinski definition) is 1. The summed E-state index contributed by atoms with van der Waals surface area (Å²) in [5.74, 6) is -1.40. The van der Waals surface area contributed by atoms with Crippen LogP contribution in [-0.4, -0.2) is 37.1 Å². The summed E-state index contributed by atoms with van der Waals surface area (Å²) >= 11 is 0. The average Bonchev–Trinajstić information content (AvgIpc) is 2.90. The molecule has 3 aromatic rings. The molecular weight excluding hydrogens is 484 g/mol. The first-order valence-electron chi connectivity index (χ1n) is 12.0. The summed E-state index contributed by atoms with van der Waals surface area (Å²) < 4.78 is 53.2. The number of likely N-dealkylation sites (tertiary alicyclic amines) is 1. The van der Waals surface area contributed by atoms with Gasteiger partial charge in [-0.15, -0.1) is 0 Å². The van der Waals surface area contributed by atoms with Crippen molar-refractivity contribution >= 4 is 17.4 Å². The van der Waals surface area contributed by atoms with Crippen molar-refractivity contribution < 1.29 is 22.4 Å². The lowest BCUT2D eigenvalue weighted by molar-refractivity contribution is -0.139. The van der Waals surface area contributed by atoms with Gasteiger partial charge in [-0.2, -0.15) is 18.4 Å². The number of nitrogens with one attached hydrogen (secondary N) is 1.